The Morgan fingerprint density at radius 3 is 2.52 bits per heavy atom. The average Bonchev–Trinajstić information content (AvgIpc) is 3.06. The molecule has 2 atom stereocenters. The average molecular weight is 410 g/mol. The highest BCUT2D eigenvalue weighted by atomic mass is 35.5. The minimum Gasteiger partial charge on any atom is -0.455 e. The Hall–Kier alpha value is -1.79. The maximum Gasteiger partial charge on any atom is 0.287 e. The number of hydrogen-bond acceptors (Lipinski definition) is 4. The summed E-state index contributed by atoms with van der Waals surface area (Å²) in [5, 5.41) is 3.57. The molecular formula is C20H24ClNO4S. The molecular weight excluding hydrogens is 386 g/mol. The highest BCUT2D eigenvalue weighted by Crippen LogP contribution is 2.24. The zero-order chi connectivity index (χ0) is 19.4. The van der Waals surface area contributed by atoms with Crippen molar-refractivity contribution >= 4 is 27.3 Å². The van der Waals surface area contributed by atoms with Crippen LogP contribution >= 0.6 is 11.6 Å². The molecule has 2 aromatic rings. The van der Waals surface area contributed by atoms with Gasteiger partial charge in [0.15, 0.2) is 15.6 Å². The number of carbonyl (C=O) groups is 1. The van der Waals surface area contributed by atoms with Crippen LogP contribution in [-0.2, 0) is 21.3 Å². The fraction of sp³-hybridized carbons (Fsp3) is 0.450. The zero-order valence-corrected chi connectivity index (χ0v) is 16.9. The predicted molar refractivity (Wildman–Crippen MR) is 105 cm³/mol. The molecule has 0 bridgehead atoms. The van der Waals surface area contributed by atoms with Gasteiger partial charge in [0, 0.05) is 11.1 Å². The van der Waals surface area contributed by atoms with Crippen LogP contribution in [-0.4, -0.2) is 20.4 Å². The smallest absolute Gasteiger partial charge is 0.287 e. The zero-order valence-electron chi connectivity index (χ0n) is 15.3. The molecule has 0 unspecified atom stereocenters. The monoisotopic (exact) mass is 409 g/mol. The molecule has 0 spiro atoms. The van der Waals surface area contributed by atoms with Gasteiger partial charge in [-0.1, -0.05) is 43.5 Å². The van der Waals surface area contributed by atoms with Crippen LogP contribution in [0.1, 0.15) is 54.5 Å². The lowest BCUT2D eigenvalue weighted by Crippen LogP contribution is -2.40. The van der Waals surface area contributed by atoms with Crippen LogP contribution in [0.5, 0.6) is 0 Å². The van der Waals surface area contributed by atoms with E-state index in [2.05, 4.69) is 12.2 Å². The molecule has 0 radical (unpaired) electrons. The Morgan fingerprint density at radius 2 is 1.81 bits per heavy atom. The molecule has 1 fully saturated rings. The van der Waals surface area contributed by atoms with Gasteiger partial charge < -0.3 is 9.73 Å². The molecule has 1 amide bonds. The van der Waals surface area contributed by atoms with Crippen molar-refractivity contribution in [2.75, 3.05) is 0 Å². The van der Waals surface area contributed by atoms with Crippen molar-refractivity contribution in [2.24, 2.45) is 5.92 Å². The second kappa shape index (κ2) is 8.48. The van der Waals surface area contributed by atoms with Crippen LogP contribution < -0.4 is 5.32 Å². The fourth-order valence-electron chi connectivity index (χ4n) is 3.45. The standard InChI is InChI=1S/C20H24ClNO4S/c1-14-4-2-3-5-18(14)22-20(23)19-11-10-17(26-19)13-27(24,25)12-15-6-8-16(21)9-7-15/h6-11,14,18H,2-5,12-13H2,1H3,(H,22,23)/t14-,18+/m1/s1. The van der Waals surface area contributed by atoms with Crippen LogP contribution in [0, 0.1) is 5.92 Å². The summed E-state index contributed by atoms with van der Waals surface area (Å²) in [6.07, 6.45) is 4.39. The van der Waals surface area contributed by atoms with Gasteiger partial charge in [-0.25, -0.2) is 8.42 Å². The van der Waals surface area contributed by atoms with E-state index in [4.69, 9.17) is 16.0 Å². The lowest BCUT2D eigenvalue weighted by Gasteiger charge is -2.29. The van der Waals surface area contributed by atoms with Crippen LogP contribution in [0.4, 0.5) is 0 Å². The van der Waals surface area contributed by atoms with Crippen LogP contribution in [0.2, 0.25) is 5.02 Å². The molecule has 1 saturated carbocycles. The quantitative estimate of drug-likeness (QED) is 0.769. The van der Waals surface area contributed by atoms with E-state index >= 15 is 0 Å². The van der Waals surface area contributed by atoms with Gasteiger partial charge in [0.1, 0.15) is 11.5 Å². The van der Waals surface area contributed by atoms with Crippen LogP contribution in [0.3, 0.4) is 0 Å². The summed E-state index contributed by atoms with van der Waals surface area (Å²) in [6, 6.07) is 9.93. The molecule has 1 heterocycles. The van der Waals surface area contributed by atoms with Gasteiger partial charge >= 0.3 is 0 Å². The third kappa shape index (κ3) is 5.59. The SMILES string of the molecule is C[C@@H]1CCCC[C@@H]1NC(=O)c1ccc(CS(=O)(=O)Cc2ccc(Cl)cc2)o1. The topological polar surface area (TPSA) is 76.4 Å². The number of amides is 1. The molecule has 27 heavy (non-hydrogen) atoms. The first-order chi connectivity index (χ1) is 12.8. The maximum absolute atomic E-state index is 12.4. The maximum atomic E-state index is 12.4. The van der Waals surface area contributed by atoms with E-state index in [1.54, 1.807) is 30.3 Å². The normalized spacial score (nSPS) is 20.4. The largest absolute Gasteiger partial charge is 0.455 e. The molecule has 1 aliphatic carbocycles. The van der Waals surface area contributed by atoms with E-state index in [0.717, 1.165) is 19.3 Å². The molecule has 0 aliphatic heterocycles. The van der Waals surface area contributed by atoms with Gasteiger partial charge in [0.2, 0.25) is 0 Å². The van der Waals surface area contributed by atoms with E-state index in [0.29, 0.717) is 16.5 Å². The van der Waals surface area contributed by atoms with Gasteiger partial charge in [0.25, 0.3) is 5.91 Å². The third-order valence-corrected chi connectivity index (χ3v) is 6.72. The first-order valence-corrected chi connectivity index (χ1v) is 11.4. The summed E-state index contributed by atoms with van der Waals surface area (Å²) in [7, 11) is -3.42. The van der Waals surface area contributed by atoms with Crippen molar-refractivity contribution in [1.29, 1.82) is 0 Å². The minimum absolute atomic E-state index is 0.105. The number of halogens is 1. The number of rotatable bonds is 6. The predicted octanol–water partition coefficient (Wildman–Crippen LogP) is 4.36. The first-order valence-electron chi connectivity index (χ1n) is 9.17. The summed E-state index contributed by atoms with van der Waals surface area (Å²) in [6.45, 7) is 2.14. The van der Waals surface area contributed by atoms with Gasteiger partial charge in [-0.3, -0.25) is 4.79 Å². The molecule has 1 aromatic carbocycles. The van der Waals surface area contributed by atoms with E-state index in [1.807, 2.05) is 0 Å². The second-order valence-electron chi connectivity index (χ2n) is 7.27. The Balaban J connectivity index is 1.61. The molecule has 7 heteroatoms. The summed E-state index contributed by atoms with van der Waals surface area (Å²) in [5.74, 6) is 0.233. The van der Waals surface area contributed by atoms with Crippen LogP contribution in [0.15, 0.2) is 40.8 Å². The first kappa shape index (κ1) is 20.0. The van der Waals surface area contributed by atoms with E-state index < -0.39 is 9.84 Å². The van der Waals surface area contributed by atoms with Gasteiger partial charge in [-0.05, 0) is 48.6 Å². The van der Waals surface area contributed by atoms with Crippen molar-refractivity contribution in [3.05, 3.63) is 58.5 Å². The molecule has 3 rings (SSSR count). The Kier molecular flexibility index (Phi) is 6.27. The van der Waals surface area contributed by atoms with Crippen molar-refractivity contribution in [3.63, 3.8) is 0 Å². The molecule has 1 aliphatic rings. The van der Waals surface area contributed by atoms with E-state index in [-0.39, 0.29) is 35.0 Å². The number of benzene rings is 1. The van der Waals surface area contributed by atoms with E-state index in [9.17, 15) is 13.2 Å². The fourth-order valence-corrected chi connectivity index (χ4v) is 4.97. The number of sulfone groups is 1. The van der Waals surface area contributed by atoms with Crippen molar-refractivity contribution in [2.45, 2.75) is 50.2 Å². The summed E-state index contributed by atoms with van der Waals surface area (Å²) in [4.78, 5) is 12.4. The number of hydrogen-bond donors (Lipinski definition) is 1. The molecule has 146 valence electrons. The highest BCUT2D eigenvalue weighted by Gasteiger charge is 2.25. The lowest BCUT2D eigenvalue weighted by molar-refractivity contribution is 0.0880. The third-order valence-electron chi connectivity index (χ3n) is 4.98. The Morgan fingerprint density at radius 1 is 1.11 bits per heavy atom. The van der Waals surface area contributed by atoms with E-state index in [1.165, 1.54) is 12.5 Å². The highest BCUT2D eigenvalue weighted by molar-refractivity contribution is 7.89. The second-order valence-corrected chi connectivity index (χ2v) is 9.77. The number of furan rings is 1. The summed E-state index contributed by atoms with van der Waals surface area (Å²) >= 11 is 5.82. The van der Waals surface area contributed by atoms with Gasteiger partial charge in [-0.2, -0.15) is 0 Å². The summed E-state index contributed by atoms with van der Waals surface area (Å²) < 4.78 is 30.3. The molecule has 1 N–H and O–H groups in total. The van der Waals surface area contributed by atoms with Gasteiger partial charge in [-0.15, -0.1) is 0 Å². The number of nitrogens with one attached hydrogen (secondary N) is 1. The van der Waals surface area contributed by atoms with Crippen molar-refractivity contribution in [1.82, 2.24) is 5.32 Å². The lowest BCUT2D eigenvalue weighted by atomic mass is 9.86. The van der Waals surface area contributed by atoms with Crippen LogP contribution in [0.25, 0.3) is 0 Å². The molecule has 1 aromatic heterocycles. The Labute approximate surface area is 165 Å². The van der Waals surface area contributed by atoms with Crippen molar-refractivity contribution < 1.29 is 17.6 Å². The Bertz CT molecular complexity index is 889. The van der Waals surface area contributed by atoms with Gasteiger partial charge in [0.05, 0.1) is 5.75 Å². The summed E-state index contributed by atoms with van der Waals surface area (Å²) in [5.41, 5.74) is 0.662. The molecule has 0 saturated heterocycles. The number of carbonyl (C=O) groups excluding carboxylic acids is 1. The van der Waals surface area contributed by atoms with Crippen molar-refractivity contribution in [3.8, 4) is 0 Å². The minimum atomic E-state index is -3.42. The molecule has 5 nitrogen and oxygen atoms in total.